The summed E-state index contributed by atoms with van der Waals surface area (Å²) in [6.45, 7) is 6.14. The molecular weight excluding hydrogens is 254 g/mol. The minimum Gasteiger partial charge on any atom is -0.393 e. The smallest absolute Gasteiger partial charge is 0.217 e. The zero-order chi connectivity index (χ0) is 14.4. The molecule has 2 fully saturated rings. The number of aliphatic hydroxyl groups is 2. The van der Waals surface area contributed by atoms with Gasteiger partial charge in [-0.25, -0.2) is 0 Å². The van der Waals surface area contributed by atoms with Gasteiger partial charge in [-0.1, -0.05) is 0 Å². The first-order chi connectivity index (χ1) is 8.68. The molecule has 2 aliphatic heterocycles. The first kappa shape index (κ1) is 14.7. The van der Waals surface area contributed by atoms with Crippen molar-refractivity contribution in [2.45, 2.75) is 63.6 Å². The van der Waals surface area contributed by atoms with E-state index in [4.69, 9.17) is 14.2 Å². The van der Waals surface area contributed by atoms with Crippen LogP contribution in [0.4, 0.5) is 0 Å². The van der Waals surface area contributed by atoms with Crippen molar-refractivity contribution in [3.05, 3.63) is 0 Å². The first-order valence-electron chi connectivity index (χ1n) is 6.28. The summed E-state index contributed by atoms with van der Waals surface area (Å²) in [5.74, 6) is -1.16. The van der Waals surface area contributed by atoms with Crippen LogP contribution in [0.15, 0.2) is 0 Å². The Morgan fingerprint density at radius 1 is 1.26 bits per heavy atom. The highest BCUT2D eigenvalue weighted by molar-refractivity contribution is 5.73. The topological polar surface area (TPSA) is 97.3 Å². The molecule has 0 aromatic rings. The van der Waals surface area contributed by atoms with Gasteiger partial charge < -0.3 is 29.7 Å². The van der Waals surface area contributed by atoms with Crippen molar-refractivity contribution in [1.82, 2.24) is 5.32 Å². The highest BCUT2D eigenvalue weighted by atomic mass is 16.8. The van der Waals surface area contributed by atoms with E-state index in [1.165, 1.54) is 6.92 Å². The van der Waals surface area contributed by atoms with Crippen LogP contribution < -0.4 is 5.32 Å². The van der Waals surface area contributed by atoms with E-state index >= 15 is 0 Å². The number of hydrogen-bond acceptors (Lipinski definition) is 6. The van der Waals surface area contributed by atoms with Crippen LogP contribution in [0.5, 0.6) is 0 Å². The van der Waals surface area contributed by atoms with Gasteiger partial charge in [0.25, 0.3) is 0 Å². The molecule has 0 aliphatic carbocycles. The third-order valence-corrected chi connectivity index (χ3v) is 3.47. The quantitative estimate of drug-likeness (QED) is 0.605. The van der Waals surface area contributed by atoms with Crippen LogP contribution in [0, 0.1) is 0 Å². The van der Waals surface area contributed by atoms with Crippen molar-refractivity contribution in [2.24, 2.45) is 0 Å². The van der Waals surface area contributed by atoms with Gasteiger partial charge in [0, 0.05) is 6.92 Å². The third-order valence-electron chi connectivity index (χ3n) is 3.47. The molecule has 0 saturated carbocycles. The van der Waals surface area contributed by atoms with Gasteiger partial charge in [-0.3, -0.25) is 4.79 Å². The Morgan fingerprint density at radius 3 is 2.42 bits per heavy atom. The van der Waals surface area contributed by atoms with E-state index in [2.05, 4.69) is 5.32 Å². The van der Waals surface area contributed by atoms with Gasteiger partial charge in [-0.05, 0) is 20.8 Å². The second kappa shape index (κ2) is 4.68. The lowest BCUT2D eigenvalue weighted by Gasteiger charge is -2.45. The zero-order valence-electron chi connectivity index (χ0n) is 11.5. The van der Waals surface area contributed by atoms with Gasteiger partial charge in [0.2, 0.25) is 5.91 Å². The number of amides is 1. The van der Waals surface area contributed by atoms with Crippen LogP contribution in [-0.4, -0.2) is 58.7 Å². The lowest BCUT2D eigenvalue weighted by Crippen LogP contribution is -2.67. The Morgan fingerprint density at radius 2 is 1.89 bits per heavy atom. The summed E-state index contributed by atoms with van der Waals surface area (Å²) in [7, 11) is 0. The number of hydrogen-bond donors (Lipinski definition) is 3. The molecule has 0 aromatic carbocycles. The summed E-state index contributed by atoms with van der Waals surface area (Å²) in [6, 6.07) is -0.733. The predicted octanol–water partition coefficient (Wildman–Crippen LogP) is -0.889. The van der Waals surface area contributed by atoms with E-state index in [-0.39, 0.29) is 12.5 Å². The Kier molecular flexibility index (Phi) is 3.61. The summed E-state index contributed by atoms with van der Waals surface area (Å²) >= 11 is 0. The average molecular weight is 275 g/mol. The van der Waals surface area contributed by atoms with Gasteiger partial charge in [0.1, 0.15) is 23.9 Å². The van der Waals surface area contributed by atoms with Gasteiger partial charge in [0.15, 0.2) is 12.1 Å². The zero-order valence-corrected chi connectivity index (χ0v) is 11.5. The number of carbonyl (C=O) groups excluding carboxylic acids is 1. The molecule has 0 bridgehead atoms. The Labute approximate surface area is 111 Å². The molecule has 7 nitrogen and oxygen atoms in total. The molecule has 0 aromatic heterocycles. The minimum atomic E-state index is -1.26. The van der Waals surface area contributed by atoms with E-state index in [1.807, 2.05) is 0 Å². The van der Waals surface area contributed by atoms with Crippen LogP contribution in [0.1, 0.15) is 27.7 Å². The van der Waals surface area contributed by atoms with Gasteiger partial charge >= 0.3 is 0 Å². The van der Waals surface area contributed by atoms with E-state index in [1.54, 1.807) is 20.8 Å². The number of carbonyl (C=O) groups is 1. The normalized spacial score (nSPS) is 44.7. The second-order valence-corrected chi connectivity index (χ2v) is 5.73. The van der Waals surface area contributed by atoms with E-state index in [0.29, 0.717) is 0 Å². The van der Waals surface area contributed by atoms with Crippen molar-refractivity contribution >= 4 is 5.91 Å². The van der Waals surface area contributed by atoms with Crippen molar-refractivity contribution < 1.29 is 29.2 Å². The summed E-state index contributed by atoms with van der Waals surface area (Å²) in [5, 5.41) is 22.1. The highest BCUT2D eigenvalue weighted by Crippen LogP contribution is 2.41. The van der Waals surface area contributed by atoms with Crippen LogP contribution in [-0.2, 0) is 19.0 Å². The van der Waals surface area contributed by atoms with Gasteiger partial charge in [-0.15, -0.1) is 0 Å². The van der Waals surface area contributed by atoms with Crippen molar-refractivity contribution in [3.8, 4) is 0 Å². The van der Waals surface area contributed by atoms with Gasteiger partial charge in [-0.2, -0.15) is 0 Å². The van der Waals surface area contributed by atoms with Crippen molar-refractivity contribution in [2.75, 3.05) is 6.61 Å². The number of fused-ring (bicyclic) bond motifs is 1. The summed E-state index contributed by atoms with van der Waals surface area (Å²) in [5.41, 5.74) is -1.08. The highest BCUT2D eigenvalue weighted by Gasteiger charge is 2.59. The Balaban J connectivity index is 2.29. The maximum Gasteiger partial charge on any atom is 0.217 e. The average Bonchev–Trinajstić information content (AvgIpc) is 2.61. The van der Waals surface area contributed by atoms with Gasteiger partial charge in [0.05, 0.1) is 6.61 Å². The van der Waals surface area contributed by atoms with E-state index in [9.17, 15) is 15.0 Å². The Bertz CT molecular complexity index is 373. The molecule has 110 valence electrons. The van der Waals surface area contributed by atoms with Crippen LogP contribution in [0.25, 0.3) is 0 Å². The molecule has 19 heavy (non-hydrogen) atoms. The fraction of sp³-hybridized carbons (Fsp3) is 0.917. The lowest BCUT2D eigenvalue weighted by molar-refractivity contribution is -0.275. The molecule has 0 unspecified atom stereocenters. The molecule has 2 aliphatic rings. The first-order valence-corrected chi connectivity index (χ1v) is 6.28. The molecule has 2 saturated heterocycles. The minimum absolute atomic E-state index is 0.299. The maximum atomic E-state index is 11.2. The molecule has 5 atom stereocenters. The molecule has 0 radical (unpaired) electrons. The molecule has 2 rings (SSSR count). The lowest BCUT2D eigenvalue weighted by atomic mass is 9.87. The molecule has 7 heteroatoms. The molecule has 3 N–H and O–H groups in total. The second-order valence-electron chi connectivity index (χ2n) is 5.73. The molecule has 1 amide bonds. The number of rotatable bonds is 2. The molecule has 0 spiro atoms. The largest absolute Gasteiger partial charge is 0.393 e. The molecular formula is C12H21NO6. The van der Waals surface area contributed by atoms with E-state index < -0.39 is 35.9 Å². The summed E-state index contributed by atoms with van der Waals surface area (Å²) in [6.07, 6.45) is -2.42. The third kappa shape index (κ3) is 2.61. The Hall–Kier alpha value is -0.730. The van der Waals surface area contributed by atoms with Crippen LogP contribution in [0.3, 0.4) is 0 Å². The fourth-order valence-electron chi connectivity index (χ4n) is 2.62. The number of nitrogens with one attached hydrogen (secondary N) is 1. The number of ether oxygens (including phenoxy) is 3. The summed E-state index contributed by atoms with van der Waals surface area (Å²) < 4.78 is 16.9. The standard InChI is InChI=1S/C12H21NO6/c1-6(15)13-7-8-9(18-11(2,3)17-8)12(4,5-14)19-10(7)16/h7-10,14,16H,5H2,1-4H3,(H,13,15)/t7-,8-,9-,10+,12-/m1/s1. The van der Waals surface area contributed by atoms with Crippen molar-refractivity contribution in [1.29, 1.82) is 0 Å². The maximum absolute atomic E-state index is 11.2. The predicted molar refractivity (Wildman–Crippen MR) is 64.0 cm³/mol. The monoisotopic (exact) mass is 275 g/mol. The van der Waals surface area contributed by atoms with E-state index in [0.717, 1.165) is 0 Å². The van der Waals surface area contributed by atoms with Crippen LogP contribution >= 0.6 is 0 Å². The summed E-state index contributed by atoms with van der Waals surface area (Å²) in [4.78, 5) is 11.2. The SMILES string of the molecule is CC(=O)N[C@@H]1[C@H]2OC(C)(C)O[C@H]2[C@@](C)(CO)O[C@@H]1O. The van der Waals surface area contributed by atoms with Crippen LogP contribution in [0.2, 0.25) is 0 Å². The van der Waals surface area contributed by atoms with Crippen molar-refractivity contribution in [3.63, 3.8) is 0 Å². The molecule has 2 heterocycles. The fourth-order valence-corrected chi connectivity index (χ4v) is 2.62. The number of aliphatic hydroxyl groups excluding tert-OH is 2.